The molecular formula is C23H29FN2O4S. The van der Waals surface area contributed by atoms with Crippen molar-refractivity contribution >= 4 is 15.9 Å². The number of carbonyl (C=O) groups excluding carboxylic acids is 1. The van der Waals surface area contributed by atoms with Crippen molar-refractivity contribution in [1.29, 1.82) is 0 Å². The number of morpholine rings is 1. The Hall–Kier alpha value is -2.29. The fraction of sp³-hybridized carbons (Fsp3) is 0.435. The van der Waals surface area contributed by atoms with Gasteiger partial charge in [0.1, 0.15) is 5.82 Å². The molecule has 0 radical (unpaired) electrons. The Labute approximate surface area is 183 Å². The maximum atomic E-state index is 14.4. The summed E-state index contributed by atoms with van der Waals surface area (Å²) < 4.78 is 46.5. The fourth-order valence-corrected chi connectivity index (χ4v) is 4.98. The van der Waals surface area contributed by atoms with Gasteiger partial charge >= 0.3 is 0 Å². The number of rotatable bonds is 7. The van der Waals surface area contributed by atoms with E-state index in [1.54, 1.807) is 0 Å². The van der Waals surface area contributed by atoms with Gasteiger partial charge < -0.3 is 10.1 Å². The van der Waals surface area contributed by atoms with E-state index in [2.05, 4.69) is 19.2 Å². The van der Waals surface area contributed by atoms with Gasteiger partial charge in [0.05, 0.1) is 29.7 Å². The second kappa shape index (κ2) is 9.89. The van der Waals surface area contributed by atoms with Gasteiger partial charge in [0, 0.05) is 13.1 Å². The summed E-state index contributed by atoms with van der Waals surface area (Å²) in [6.07, 6.45) is 0.969. The summed E-state index contributed by atoms with van der Waals surface area (Å²) in [4.78, 5) is 12.6. The van der Waals surface area contributed by atoms with Crippen LogP contribution in [0.2, 0.25) is 0 Å². The van der Waals surface area contributed by atoms with Crippen molar-refractivity contribution in [1.82, 2.24) is 9.62 Å². The van der Waals surface area contributed by atoms with Crippen LogP contribution in [0.15, 0.2) is 47.4 Å². The highest BCUT2D eigenvalue weighted by Crippen LogP contribution is 2.22. The zero-order chi connectivity index (χ0) is 22.6. The molecule has 0 bridgehead atoms. The Balaban J connectivity index is 1.76. The van der Waals surface area contributed by atoms with Crippen LogP contribution < -0.4 is 5.32 Å². The Morgan fingerprint density at radius 3 is 2.35 bits per heavy atom. The number of ether oxygens (including phenoxy) is 1. The molecule has 1 atom stereocenters. The number of hydrogen-bond donors (Lipinski definition) is 1. The van der Waals surface area contributed by atoms with Crippen LogP contribution in [0, 0.1) is 11.7 Å². The minimum atomic E-state index is -3.82. The molecule has 1 N–H and O–H groups in total. The molecule has 0 saturated carbocycles. The van der Waals surface area contributed by atoms with Gasteiger partial charge in [-0.15, -0.1) is 0 Å². The summed E-state index contributed by atoms with van der Waals surface area (Å²) in [5, 5.41) is 2.76. The number of sulfonamides is 1. The van der Waals surface area contributed by atoms with Crippen LogP contribution in [-0.4, -0.2) is 44.9 Å². The van der Waals surface area contributed by atoms with Gasteiger partial charge in [0.2, 0.25) is 10.0 Å². The number of nitrogens with one attached hydrogen (secondary N) is 1. The molecule has 1 amide bonds. The van der Waals surface area contributed by atoms with Crippen molar-refractivity contribution in [2.45, 2.75) is 38.1 Å². The number of carbonyl (C=O) groups is 1. The molecule has 168 valence electrons. The van der Waals surface area contributed by atoms with Crippen LogP contribution >= 0.6 is 0 Å². The van der Waals surface area contributed by atoms with Crippen molar-refractivity contribution in [2.75, 3.05) is 26.3 Å². The molecular weight excluding hydrogens is 419 g/mol. The second-order valence-corrected chi connectivity index (χ2v) is 10.1. The van der Waals surface area contributed by atoms with Gasteiger partial charge in [-0.05, 0) is 48.6 Å². The standard InChI is InChI=1S/C23H29FN2O4S/c1-16(2)14-18-4-6-19(7-5-18)17(3)25-23(27)21-15-20(8-9-22(21)24)31(28,29)26-10-12-30-13-11-26/h4-9,15-17H,10-14H2,1-3H3,(H,25,27). The lowest BCUT2D eigenvalue weighted by atomic mass is 10.00. The van der Waals surface area contributed by atoms with Crippen LogP contribution in [0.3, 0.4) is 0 Å². The number of amides is 1. The third-order valence-electron chi connectivity index (χ3n) is 5.26. The van der Waals surface area contributed by atoms with Crippen LogP contribution in [0.5, 0.6) is 0 Å². The first-order valence-electron chi connectivity index (χ1n) is 10.5. The van der Waals surface area contributed by atoms with E-state index in [-0.39, 0.29) is 29.6 Å². The lowest BCUT2D eigenvalue weighted by molar-refractivity contribution is 0.0730. The number of halogens is 1. The lowest BCUT2D eigenvalue weighted by Gasteiger charge is -2.26. The van der Waals surface area contributed by atoms with Gasteiger partial charge in [-0.2, -0.15) is 4.31 Å². The van der Waals surface area contributed by atoms with E-state index in [0.29, 0.717) is 19.1 Å². The Morgan fingerprint density at radius 1 is 1.10 bits per heavy atom. The van der Waals surface area contributed by atoms with Gasteiger partial charge in [-0.1, -0.05) is 38.1 Å². The predicted molar refractivity (Wildman–Crippen MR) is 117 cm³/mol. The average Bonchev–Trinajstić information content (AvgIpc) is 2.74. The molecule has 1 heterocycles. The molecule has 1 aliphatic heterocycles. The second-order valence-electron chi connectivity index (χ2n) is 8.19. The van der Waals surface area contributed by atoms with Crippen LogP contribution in [0.25, 0.3) is 0 Å². The Kier molecular flexibility index (Phi) is 7.46. The van der Waals surface area contributed by atoms with E-state index >= 15 is 0 Å². The zero-order valence-corrected chi connectivity index (χ0v) is 18.9. The fourth-order valence-electron chi connectivity index (χ4n) is 3.55. The van der Waals surface area contributed by atoms with E-state index < -0.39 is 21.7 Å². The van der Waals surface area contributed by atoms with Crippen LogP contribution in [-0.2, 0) is 21.2 Å². The molecule has 1 fully saturated rings. The predicted octanol–water partition coefficient (Wildman–Crippen LogP) is 3.54. The summed E-state index contributed by atoms with van der Waals surface area (Å²) in [5.74, 6) is -0.875. The van der Waals surface area contributed by atoms with Crippen molar-refractivity contribution in [3.05, 3.63) is 65.0 Å². The largest absolute Gasteiger partial charge is 0.379 e. The first kappa shape index (κ1) is 23.4. The summed E-state index contributed by atoms with van der Waals surface area (Å²) in [7, 11) is -3.82. The van der Waals surface area contributed by atoms with Crippen molar-refractivity contribution in [3.8, 4) is 0 Å². The van der Waals surface area contributed by atoms with Crippen molar-refractivity contribution in [2.24, 2.45) is 5.92 Å². The minimum absolute atomic E-state index is 0.105. The lowest BCUT2D eigenvalue weighted by Crippen LogP contribution is -2.40. The maximum Gasteiger partial charge on any atom is 0.254 e. The number of nitrogens with zero attached hydrogens (tertiary/aromatic N) is 1. The van der Waals surface area contributed by atoms with Crippen molar-refractivity contribution in [3.63, 3.8) is 0 Å². The van der Waals surface area contributed by atoms with Gasteiger partial charge in [-0.3, -0.25) is 4.79 Å². The quantitative estimate of drug-likeness (QED) is 0.703. The third-order valence-corrected chi connectivity index (χ3v) is 7.16. The topological polar surface area (TPSA) is 75.7 Å². The summed E-state index contributed by atoms with van der Waals surface area (Å²) in [6.45, 7) is 7.18. The molecule has 3 rings (SSSR count). The van der Waals surface area contributed by atoms with Gasteiger partial charge in [0.15, 0.2) is 0 Å². The monoisotopic (exact) mass is 448 g/mol. The van der Waals surface area contributed by atoms with Crippen LogP contribution in [0.4, 0.5) is 4.39 Å². The molecule has 0 spiro atoms. The molecule has 6 nitrogen and oxygen atoms in total. The van der Waals surface area contributed by atoms with Gasteiger partial charge in [0.25, 0.3) is 5.91 Å². The third kappa shape index (κ3) is 5.70. The van der Waals surface area contributed by atoms with Crippen molar-refractivity contribution < 1.29 is 22.3 Å². The SMILES string of the molecule is CC(C)Cc1ccc(C(C)NC(=O)c2cc(S(=O)(=O)N3CCOCC3)ccc2F)cc1. The molecule has 1 aliphatic rings. The first-order chi connectivity index (χ1) is 14.7. The highest BCUT2D eigenvalue weighted by atomic mass is 32.2. The molecule has 8 heteroatoms. The van der Waals surface area contributed by atoms with E-state index in [1.807, 2.05) is 31.2 Å². The highest BCUT2D eigenvalue weighted by Gasteiger charge is 2.28. The molecule has 1 saturated heterocycles. The summed E-state index contributed by atoms with van der Waals surface area (Å²) >= 11 is 0. The molecule has 2 aromatic rings. The normalized spacial score (nSPS) is 16.3. The maximum absolute atomic E-state index is 14.4. The zero-order valence-electron chi connectivity index (χ0n) is 18.1. The Morgan fingerprint density at radius 2 is 1.74 bits per heavy atom. The number of benzene rings is 2. The smallest absolute Gasteiger partial charge is 0.254 e. The molecule has 2 aromatic carbocycles. The van der Waals surface area contributed by atoms with E-state index in [1.165, 1.54) is 15.9 Å². The molecule has 31 heavy (non-hydrogen) atoms. The van der Waals surface area contributed by atoms with Gasteiger partial charge in [-0.25, -0.2) is 12.8 Å². The molecule has 0 aromatic heterocycles. The number of hydrogen-bond acceptors (Lipinski definition) is 4. The van der Waals surface area contributed by atoms with E-state index in [0.717, 1.165) is 24.1 Å². The molecule has 1 unspecified atom stereocenters. The molecule has 0 aliphatic carbocycles. The Bertz CT molecular complexity index is 1020. The van der Waals surface area contributed by atoms with E-state index in [9.17, 15) is 17.6 Å². The van der Waals surface area contributed by atoms with Crippen LogP contribution in [0.1, 0.15) is 48.3 Å². The average molecular weight is 449 g/mol. The van der Waals surface area contributed by atoms with E-state index in [4.69, 9.17) is 4.74 Å². The summed E-state index contributed by atoms with van der Waals surface area (Å²) in [6, 6.07) is 10.9. The minimum Gasteiger partial charge on any atom is -0.379 e. The first-order valence-corrected chi connectivity index (χ1v) is 11.9. The summed E-state index contributed by atoms with van der Waals surface area (Å²) in [5.41, 5.74) is 1.81. The highest BCUT2D eigenvalue weighted by molar-refractivity contribution is 7.89.